The molecule has 166 valence electrons. The number of amides is 2. The topological polar surface area (TPSA) is 88.7 Å². The number of fused-ring (bicyclic) bond motifs is 1. The highest BCUT2D eigenvalue weighted by Crippen LogP contribution is 2.28. The lowest BCUT2D eigenvalue weighted by Crippen LogP contribution is -2.52. The number of thiocarbonyl (C=S) groups is 1. The minimum Gasteiger partial charge on any atom is -0.484 e. The van der Waals surface area contributed by atoms with E-state index in [1.165, 1.54) is 13.0 Å². The zero-order valence-corrected chi connectivity index (χ0v) is 19.2. The van der Waals surface area contributed by atoms with Gasteiger partial charge in [0.2, 0.25) is 0 Å². The number of carbonyl (C=O) groups excluding carboxylic acids is 2. The molecule has 0 bridgehead atoms. The van der Waals surface area contributed by atoms with E-state index in [2.05, 4.69) is 16.2 Å². The molecule has 3 N–H and O–H groups in total. The molecule has 0 aliphatic heterocycles. The average molecular weight is 492 g/mol. The molecule has 0 radical (unpaired) electrons. The van der Waals surface area contributed by atoms with Gasteiger partial charge < -0.3 is 9.47 Å². The Hall–Kier alpha value is -3.07. The van der Waals surface area contributed by atoms with Gasteiger partial charge in [0.1, 0.15) is 11.5 Å². The molecule has 7 nitrogen and oxygen atoms in total. The summed E-state index contributed by atoms with van der Waals surface area (Å²) >= 11 is 16.9. The molecule has 1 atom stereocenters. The van der Waals surface area contributed by atoms with Gasteiger partial charge in [0.15, 0.2) is 17.8 Å². The minimum absolute atomic E-state index is 0.0952. The van der Waals surface area contributed by atoms with Crippen LogP contribution in [0.1, 0.15) is 6.92 Å². The van der Waals surface area contributed by atoms with Crippen LogP contribution in [0.3, 0.4) is 0 Å². The summed E-state index contributed by atoms with van der Waals surface area (Å²) in [5.41, 5.74) is 4.79. The van der Waals surface area contributed by atoms with E-state index in [4.69, 9.17) is 44.9 Å². The lowest BCUT2D eigenvalue weighted by Gasteiger charge is -2.17. The summed E-state index contributed by atoms with van der Waals surface area (Å²) in [5, 5.41) is 5.12. The largest absolute Gasteiger partial charge is 0.484 e. The Morgan fingerprint density at radius 2 is 1.75 bits per heavy atom. The second-order valence-corrected chi connectivity index (χ2v) is 7.88. The molecule has 0 saturated carbocycles. The first-order valence-corrected chi connectivity index (χ1v) is 10.6. The molecular weight excluding hydrogens is 473 g/mol. The average Bonchev–Trinajstić information content (AvgIpc) is 2.77. The molecule has 3 rings (SSSR count). The van der Waals surface area contributed by atoms with E-state index in [1.54, 1.807) is 18.2 Å². The van der Waals surface area contributed by atoms with E-state index >= 15 is 0 Å². The van der Waals surface area contributed by atoms with Crippen LogP contribution < -0.4 is 25.6 Å². The summed E-state index contributed by atoms with van der Waals surface area (Å²) < 4.78 is 11.0. The number of rotatable bonds is 6. The third-order valence-electron chi connectivity index (χ3n) is 4.21. The Balaban J connectivity index is 1.41. The lowest BCUT2D eigenvalue weighted by molar-refractivity contribution is -0.128. The van der Waals surface area contributed by atoms with Crippen molar-refractivity contribution in [1.29, 1.82) is 0 Å². The Labute approximate surface area is 199 Å². The zero-order valence-electron chi connectivity index (χ0n) is 16.9. The maximum atomic E-state index is 12.2. The number of nitrogens with one attached hydrogen (secondary N) is 3. The van der Waals surface area contributed by atoms with Gasteiger partial charge >= 0.3 is 0 Å². The fourth-order valence-corrected chi connectivity index (χ4v) is 3.25. The Morgan fingerprint density at radius 1 is 1.00 bits per heavy atom. The van der Waals surface area contributed by atoms with Crippen LogP contribution in [0.5, 0.6) is 11.5 Å². The SMILES string of the molecule is CC(Oc1ccc(Cl)cc1Cl)C(=O)NNC(=S)NC(=O)COc1ccc2ccccc2c1. The van der Waals surface area contributed by atoms with Crippen molar-refractivity contribution in [3.05, 3.63) is 70.7 Å². The van der Waals surface area contributed by atoms with Crippen LogP contribution in [0.15, 0.2) is 60.7 Å². The fourth-order valence-electron chi connectivity index (χ4n) is 2.63. The van der Waals surface area contributed by atoms with Gasteiger partial charge in [-0.15, -0.1) is 0 Å². The van der Waals surface area contributed by atoms with Gasteiger partial charge in [-0.1, -0.05) is 53.5 Å². The molecule has 32 heavy (non-hydrogen) atoms. The standard InChI is InChI=1S/C22H19Cl2N3O4S/c1-13(31-19-9-7-16(23)11-18(19)24)21(29)26-27-22(32)25-20(28)12-30-17-8-6-14-4-2-3-5-15(14)10-17/h2-11,13H,12H2,1H3,(H,26,29)(H2,25,27,28,32). The van der Waals surface area contributed by atoms with E-state index in [9.17, 15) is 9.59 Å². The molecular formula is C22H19Cl2N3O4S. The third-order valence-corrected chi connectivity index (χ3v) is 4.94. The number of hydrazine groups is 1. The van der Waals surface area contributed by atoms with Crippen LogP contribution >= 0.6 is 35.4 Å². The molecule has 0 heterocycles. The molecule has 2 amide bonds. The number of halogens is 2. The summed E-state index contributed by atoms with van der Waals surface area (Å²) in [6, 6.07) is 18.0. The van der Waals surface area contributed by atoms with Gasteiger partial charge in [0.25, 0.3) is 11.8 Å². The van der Waals surface area contributed by atoms with Crippen molar-refractivity contribution >= 4 is 63.1 Å². The van der Waals surface area contributed by atoms with Crippen molar-refractivity contribution in [2.24, 2.45) is 0 Å². The maximum absolute atomic E-state index is 12.2. The van der Waals surface area contributed by atoms with Crippen molar-refractivity contribution in [3.8, 4) is 11.5 Å². The molecule has 10 heteroatoms. The molecule has 0 aliphatic rings. The third kappa shape index (κ3) is 6.71. The summed E-state index contributed by atoms with van der Waals surface area (Å²) in [4.78, 5) is 24.2. The summed E-state index contributed by atoms with van der Waals surface area (Å²) in [7, 11) is 0. The first-order chi connectivity index (χ1) is 15.3. The molecule has 0 spiro atoms. The van der Waals surface area contributed by atoms with Crippen LogP contribution in [0.25, 0.3) is 10.8 Å². The fraction of sp³-hybridized carbons (Fsp3) is 0.136. The molecule has 0 aromatic heterocycles. The van der Waals surface area contributed by atoms with Crippen LogP contribution in [0, 0.1) is 0 Å². The van der Waals surface area contributed by atoms with Gasteiger partial charge in [0.05, 0.1) is 5.02 Å². The van der Waals surface area contributed by atoms with Crippen LogP contribution in [0.2, 0.25) is 10.0 Å². The van der Waals surface area contributed by atoms with Gasteiger partial charge in [-0.05, 0) is 60.2 Å². The monoisotopic (exact) mass is 491 g/mol. The quantitative estimate of drug-likeness (QED) is 0.356. The van der Waals surface area contributed by atoms with Crippen molar-refractivity contribution in [2.75, 3.05) is 6.61 Å². The summed E-state index contributed by atoms with van der Waals surface area (Å²) in [5.74, 6) is -0.152. The van der Waals surface area contributed by atoms with Gasteiger partial charge in [-0.2, -0.15) is 0 Å². The molecule has 3 aromatic carbocycles. The lowest BCUT2D eigenvalue weighted by atomic mass is 10.1. The molecule has 0 fully saturated rings. The highest BCUT2D eigenvalue weighted by molar-refractivity contribution is 7.80. The van der Waals surface area contributed by atoms with Crippen molar-refractivity contribution in [1.82, 2.24) is 16.2 Å². The number of hydrogen-bond donors (Lipinski definition) is 3. The predicted octanol–water partition coefficient (Wildman–Crippen LogP) is 4.01. The minimum atomic E-state index is -0.893. The smallest absolute Gasteiger partial charge is 0.279 e. The van der Waals surface area contributed by atoms with Gasteiger partial charge in [-0.25, -0.2) is 0 Å². The first kappa shape index (κ1) is 23.6. The Bertz CT molecular complexity index is 1160. The molecule has 3 aromatic rings. The Kier molecular flexibility index (Phi) is 8.10. The van der Waals surface area contributed by atoms with E-state index in [1.807, 2.05) is 36.4 Å². The van der Waals surface area contributed by atoms with E-state index < -0.39 is 17.9 Å². The maximum Gasteiger partial charge on any atom is 0.279 e. The van der Waals surface area contributed by atoms with Crippen LogP contribution in [-0.2, 0) is 9.59 Å². The first-order valence-electron chi connectivity index (χ1n) is 9.45. The highest BCUT2D eigenvalue weighted by atomic mass is 35.5. The molecule has 1 unspecified atom stereocenters. The van der Waals surface area contributed by atoms with E-state index in [0.717, 1.165) is 10.8 Å². The summed E-state index contributed by atoms with van der Waals surface area (Å²) in [6.45, 7) is 1.28. The molecule has 0 saturated heterocycles. The van der Waals surface area contributed by atoms with Gasteiger partial charge in [0, 0.05) is 5.02 Å². The number of ether oxygens (including phenoxy) is 2. The molecule has 0 aliphatic carbocycles. The highest BCUT2D eigenvalue weighted by Gasteiger charge is 2.17. The van der Waals surface area contributed by atoms with Crippen LogP contribution in [-0.4, -0.2) is 29.6 Å². The van der Waals surface area contributed by atoms with Crippen LogP contribution in [0.4, 0.5) is 0 Å². The zero-order chi connectivity index (χ0) is 23.1. The Morgan fingerprint density at radius 3 is 2.50 bits per heavy atom. The number of hydrogen-bond acceptors (Lipinski definition) is 5. The predicted molar refractivity (Wildman–Crippen MR) is 128 cm³/mol. The van der Waals surface area contributed by atoms with E-state index in [-0.39, 0.29) is 16.7 Å². The van der Waals surface area contributed by atoms with Crippen molar-refractivity contribution < 1.29 is 19.1 Å². The number of benzene rings is 3. The van der Waals surface area contributed by atoms with E-state index in [0.29, 0.717) is 16.5 Å². The van der Waals surface area contributed by atoms with Crippen molar-refractivity contribution in [2.45, 2.75) is 13.0 Å². The second-order valence-electron chi connectivity index (χ2n) is 6.62. The normalized spacial score (nSPS) is 11.3. The number of carbonyl (C=O) groups is 2. The second kappa shape index (κ2) is 11.0. The van der Waals surface area contributed by atoms with Crippen molar-refractivity contribution in [3.63, 3.8) is 0 Å². The summed E-state index contributed by atoms with van der Waals surface area (Å²) in [6.07, 6.45) is -0.893. The van der Waals surface area contributed by atoms with Gasteiger partial charge in [-0.3, -0.25) is 25.8 Å².